The summed E-state index contributed by atoms with van der Waals surface area (Å²) < 4.78 is 42.2. The summed E-state index contributed by atoms with van der Waals surface area (Å²) in [5.74, 6) is -0.650. The van der Waals surface area contributed by atoms with Crippen molar-refractivity contribution in [2.24, 2.45) is 0 Å². The van der Waals surface area contributed by atoms with Crippen LogP contribution >= 0.6 is 11.3 Å². The predicted octanol–water partition coefficient (Wildman–Crippen LogP) is 5.75. The average Bonchev–Trinajstić information content (AvgIpc) is 3.15. The van der Waals surface area contributed by atoms with Crippen LogP contribution in [-0.4, -0.2) is 36.1 Å². The molecular weight excluding hydrogens is 483 g/mol. The van der Waals surface area contributed by atoms with Gasteiger partial charge >= 0.3 is 0 Å². The lowest BCUT2D eigenvalue weighted by Crippen LogP contribution is -2.45. The van der Waals surface area contributed by atoms with Crippen LogP contribution < -0.4 is 0 Å². The van der Waals surface area contributed by atoms with Crippen molar-refractivity contribution in [2.45, 2.75) is 65.6 Å². The number of thiophene rings is 1. The molecule has 0 spiro atoms. The van der Waals surface area contributed by atoms with Gasteiger partial charge in [0.25, 0.3) is 0 Å². The van der Waals surface area contributed by atoms with Crippen molar-refractivity contribution in [3.63, 3.8) is 0 Å². The quantitative estimate of drug-likeness (QED) is 0.364. The molecular formula is C27H33FN2O3S2. The molecule has 2 aromatic carbocycles. The minimum Gasteiger partial charge on any atom is -0.332 e. The van der Waals surface area contributed by atoms with E-state index in [1.165, 1.54) is 16.4 Å². The summed E-state index contributed by atoms with van der Waals surface area (Å²) >= 11 is 1.56. The summed E-state index contributed by atoms with van der Waals surface area (Å²) in [4.78, 5) is 16.5. The number of benzene rings is 2. The Bertz CT molecular complexity index is 1280. The van der Waals surface area contributed by atoms with Crippen LogP contribution in [0, 0.1) is 33.5 Å². The third-order valence-corrected chi connectivity index (χ3v) is 9.32. The average molecular weight is 517 g/mol. The molecule has 0 unspecified atom stereocenters. The smallest absolute Gasteiger partial charge is 0.244 e. The zero-order chi connectivity index (χ0) is 25.9. The molecule has 3 aromatic rings. The minimum atomic E-state index is -3.92. The van der Waals surface area contributed by atoms with E-state index in [0.29, 0.717) is 17.7 Å². The summed E-state index contributed by atoms with van der Waals surface area (Å²) in [7, 11) is -3.92. The normalized spacial score (nSPS) is 11.9. The van der Waals surface area contributed by atoms with E-state index < -0.39 is 16.1 Å². The molecule has 0 aliphatic rings. The number of amides is 1. The van der Waals surface area contributed by atoms with Crippen molar-refractivity contribution >= 4 is 27.3 Å². The summed E-state index contributed by atoms with van der Waals surface area (Å²) in [6.45, 7) is 11.4. The highest BCUT2D eigenvalue weighted by Gasteiger charge is 2.33. The van der Waals surface area contributed by atoms with Crippen LogP contribution in [0.2, 0.25) is 0 Å². The van der Waals surface area contributed by atoms with Crippen molar-refractivity contribution in [2.75, 3.05) is 6.54 Å². The lowest BCUT2D eigenvalue weighted by Gasteiger charge is -2.30. The molecule has 0 fully saturated rings. The van der Waals surface area contributed by atoms with E-state index >= 15 is 0 Å². The molecule has 0 saturated heterocycles. The third kappa shape index (κ3) is 6.37. The maximum absolute atomic E-state index is 13.8. The number of rotatable bonds is 9. The van der Waals surface area contributed by atoms with Crippen molar-refractivity contribution in [3.8, 4) is 0 Å². The molecule has 0 aliphatic heterocycles. The van der Waals surface area contributed by atoms with E-state index in [1.54, 1.807) is 56.1 Å². The molecule has 0 N–H and O–H groups in total. The van der Waals surface area contributed by atoms with Gasteiger partial charge in [-0.05, 0) is 87.4 Å². The van der Waals surface area contributed by atoms with Crippen molar-refractivity contribution in [1.29, 1.82) is 0 Å². The highest BCUT2D eigenvalue weighted by atomic mass is 32.2. The highest BCUT2D eigenvalue weighted by Crippen LogP contribution is 2.27. The predicted molar refractivity (Wildman–Crippen MR) is 139 cm³/mol. The Hall–Kier alpha value is -2.55. The number of hydrogen-bond acceptors (Lipinski definition) is 4. The fraction of sp³-hybridized carbons (Fsp3) is 0.370. The van der Waals surface area contributed by atoms with Gasteiger partial charge in [0.1, 0.15) is 5.82 Å². The van der Waals surface area contributed by atoms with E-state index in [0.717, 1.165) is 21.6 Å². The Morgan fingerprint density at radius 2 is 1.54 bits per heavy atom. The van der Waals surface area contributed by atoms with Gasteiger partial charge in [-0.25, -0.2) is 12.8 Å². The van der Waals surface area contributed by atoms with Crippen molar-refractivity contribution < 1.29 is 17.6 Å². The number of hydrogen-bond donors (Lipinski definition) is 0. The van der Waals surface area contributed by atoms with Crippen LogP contribution in [0.5, 0.6) is 0 Å². The zero-order valence-electron chi connectivity index (χ0n) is 21.1. The SMILES string of the molecule is Cc1cc(C)c(S(=O)(=O)N(CC(=O)N(Cc2ccc(F)cc2)Cc2sccc2C)C(C)C)c(C)c1. The molecule has 5 nitrogen and oxygen atoms in total. The molecule has 188 valence electrons. The second kappa shape index (κ2) is 11.0. The van der Waals surface area contributed by atoms with E-state index in [9.17, 15) is 17.6 Å². The number of carbonyl (C=O) groups is 1. The number of halogens is 1. The van der Waals surface area contributed by atoms with E-state index in [2.05, 4.69) is 0 Å². The second-order valence-electron chi connectivity index (χ2n) is 9.27. The Labute approximate surface area is 212 Å². The molecule has 1 aromatic heterocycles. The Morgan fingerprint density at radius 1 is 0.943 bits per heavy atom. The van der Waals surface area contributed by atoms with Gasteiger partial charge in [0.15, 0.2) is 0 Å². The van der Waals surface area contributed by atoms with Crippen LogP contribution in [0.25, 0.3) is 0 Å². The fourth-order valence-electron chi connectivity index (χ4n) is 4.25. The second-order valence-corrected chi connectivity index (χ2v) is 12.1. The summed E-state index contributed by atoms with van der Waals surface area (Å²) in [5.41, 5.74) is 4.17. The molecule has 0 aliphatic carbocycles. The third-order valence-electron chi connectivity index (χ3n) is 5.98. The van der Waals surface area contributed by atoms with Crippen LogP contribution in [0.3, 0.4) is 0 Å². The van der Waals surface area contributed by atoms with Gasteiger partial charge in [0.2, 0.25) is 15.9 Å². The van der Waals surface area contributed by atoms with Crippen LogP contribution in [0.15, 0.2) is 52.7 Å². The highest BCUT2D eigenvalue weighted by molar-refractivity contribution is 7.89. The monoisotopic (exact) mass is 516 g/mol. The molecule has 0 saturated carbocycles. The molecule has 35 heavy (non-hydrogen) atoms. The first kappa shape index (κ1) is 27.0. The van der Waals surface area contributed by atoms with Crippen LogP contribution in [0.4, 0.5) is 4.39 Å². The number of carbonyl (C=O) groups excluding carboxylic acids is 1. The van der Waals surface area contributed by atoms with Crippen molar-refractivity contribution in [3.05, 3.63) is 86.4 Å². The topological polar surface area (TPSA) is 57.7 Å². The standard InChI is InChI=1S/C27H33FN2O3S2/c1-18(2)30(35(32,33)27-21(5)13-19(3)14-22(27)6)17-26(31)29(16-25-20(4)11-12-34-25)15-23-7-9-24(28)10-8-23/h7-14,18H,15-17H2,1-6H3. The van der Waals surface area contributed by atoms with E-state index in [-0.39, 0.29) is 29.7 Å². The number of nitrogens with zero attached hydrogens (tertiary/aromatic N) is 2. The summed E-state index contributed by atoms with van der Waals surface area (Å²) in [6.07, 6.45) is 0. The molecule has 0 bridgehead atoms. The van der Waals surface area contributed by atoms with Crippen LogP contribution in [-0.2, 0) is 27.9 Å². The van der Waals surface area contributed by atoms with Gasteiger partial charge in [0.05, 0.1) is 18.0 Å². The molecule has 0 radical (unpaired) electrons. The Kier molecular flexibility index (Phi) is 8.51. The first-order valence-electron chi connectivity index (χ1n) is 11.5. The van der Waals surface area contributed by atoms with Gasteiger partial charge in [-0.3, -0.25) is 4.79 Å². The first-order chi connectivity index (χ1) is 16.4. The molecule has 8 heteroatoms. The maximum atomic E-state index is 13.8. The number of aryl methyl sites for hydroxylation is 4. The summed E-state index contributed by atoms with van der Waals surface area (Å²) in [6, 6.07) is 11.3. The minimum absolute atomic E-state index is 0.254. The van der Waals surface area contributed by atoms with E-state index in [1.807, 2.05) is 37.4 Å². The summed E-state index contributed by atoms with van der Waals surface area (Å²) in [5, 5.41) is 1.97. The first-order valence-corrected chi connectivity index (χ1v) is 13.9. The zero-order valence-corrected chi connectivity index (χ0v) is 22.8. The van der Waals surface area contributed by atoms with Crippen molar-refractivity contribution in [1.82, 2.24) is 9.21 Å². The van der Waals surface area contributed by atoms with Crippen LogP contribution in [0.1, 0.15) is 46.5 Å². The molecule has 0 atom stereocenters. The molecule has 3 rings (SSSR count). The van der Waals surface area contributed by atoms with E-state index in [4.69, 9.17) is 0 Å². The fourth-order valence-corrected chi connectivity index (χ4v) is 7.17. The van der Waals surface area contributed by atoms with Gasteiger partial charge in [0, 0.05) is 17.5 Å². The molecule has 1 heterocycles. The largest absolute Gasteiger partial charge is 0.332 e. The van der Waals surface area contributed by atoms with Gasteiger partial charge in [-0.1, -0.05) is 29.8 Å². The Morgan fingerprint density at radius 3 is 2.06 bits per heavy atom. The van der Waals surface area contributed by atoms with Gasteiger partial charge in [-0.2, -0.15) is 4.31 Å². The van der Waals surface area contributed by atoms with Gasteiger partial charge in [-0.15, -0.1) is 11.3 Å². The maximum Gasteiger partial charge on any atom is 0.244 e. The van der Waals surface area contributed by atoms with Gasteiger partial charge < -0.3 is 4.90 Å². The number of sulfonamides is 1. The Balaban J connectivity index is 1.94. The molecule has 1 amide bonds. The lowest BCUT2D eigenvalue weighted by atomic mass is 10.1. The lowest BCUT2D eigenvalue weighted by molar-refractivity contribution is -0.132.